The summed E-state index contributed by atoms with van der Waals surface area (Å²) in [5, 5.41) is 0. The van der Waals surface area contributed by atoms with Crippen molar-refractivity contribution in [2.45, 2.75) is 51.5 Å². The van der Waals surface area contributed by atoms with E-state index in [0.29, 0.717) is 13.2 Å². The molecule has 1 aromatic rings. The fourth-order valence-corrected chi connectivity index (χ4v) is 3.44. The summed E-state index contributed by atoms with van der Waals surface area (Å²) in [7, 11) is 0. The summed E-state index contributed by atoms with van der Waals surface area (Å²) >= 11 is 0. The summed E-state index contributed by atoms with van der Waals surface area (Å²) in [5.74, 6) is 1.78. The molecule has 3 rings (SSSR count). The zero-order chi connectivity index (χ0) is 13.5. The van der Waals surface area contributed by atoms with Gasteiger partial charge in [-0.15, -0.1) is 0 Å². The van der Waals surface area contributed by atoms with Crippen LogP contribution < -0.4 is 15.2 Å². The number of hydrogen-bond acceptors (Lipinski definition) is 3. The highest BCUT2D eigenvalue weighted by molar-refractivity contribution is 5.57. The molecule has 1 heterocycles. The predicted molar refractivity (Wildman–Crippen MR) is 75.9 cm³/mol. The molecular weight excluding hydrogens is 238 g/mol. The number of fused-ring (bicyclic) bond motifs is 1. The summed E-state index contributed by atoms with van der Waals surface area (Å²) in [6, 6.07) is 2.08. The molecule has 3 heteroatoms. The van der Waals surface area contributed by atoms with E-state index in [0.717, 1.165) is 24.3 Å². The monoisotopic (exact) mass is 261 g/mol. The number of aryl methyl sites for hydroxylation is 1. The molecule has 0 aromatic heterocycles. The van der Waals surface area contributed by atoms with Crippen LogP contribution in [0.1, 0.15) is 48.8 Å². The molecule has 1 aliphatic heterocycles. The van der Waals surface area contributed by atoms with Gasteiger partial charge < -0.3 is 15.2 Å². The third-order valence-corrected chi connectivity index (χ3v) is 4.60. The lowest BCUT2D eigenvalue weighted by Gasteiger charge is -2.38. The van der Waals surface area contributed by atoms with E-state index in [-0.39, 0.29) is 5.54 Å². The van der Waals surface area contributed by atoms with Gasteiger partial charge in [0.25, 0.3) is 0 Å². The van der Waals surface area contributed by atoms with Gasteiger partial charge >= 0.3 is 0 Å². The maximum Gasteiger partial charge on any atom is 0.166 e. The van der Waals surface area contributed by atoms with E-state index < -0.39 is 0 Å². The third kappa shape index (κ3) is 2.10. The van der Waals surface area contributed by atoms with Crippen molar-refractivity contribution in [2.75, 3.05) is 13.2 Å². The molecule has 1 saturated carbocycles. The molecule has 0 spiro atoms. The Hall–Kier alpha value is -1.22. The predicted octanol–water partition coefficient (Wildman–Crippen LogP) is 3.19. The fourth-order valence-electron chi connectivity index (χ4n) is 3.44. The highest BCUT2D eigenvalue weighted by Gasteiger charge is 2.36. The van der Waals surface area contributed by atoms with E-state index in [1.807, 2.05) is 0 Å². The Bertz CT molecular complexity index is 490. The van der Waals surface area contributed by atoms with Crippen LogP contribution in [0.3, 0.4) is 0 Å². The standard InChI is InChI=1S/C16H23NO2/c1-11-10-13-15(19-9-8-18-13)14(12(11)2)16(17)6-4-3-5-7-16/h10H,3-9,17H2,1-2H3. The number of ether oxygens (including phenoxy) is 2. The van der Waals surface area contributed by atoms with Crippen LogP contribution in [0.25, 0.3) is 0 Å². The maximum atomic E-state index is 6.74. The maximum absolute atomic E-state index is 6.74. The molecule has 0 saturated heterocycles. The topological polar surface area (TPSA) is 44.5 Å². The number of nitrogens with two attached hydrogens (primary N) is 1. The molecular formula is C16H23NO2. The largest absolute Gasteiger partial charge is 0.486 e. The van der Waals surface area contributed by atoms with Crippen molar-refractivity contribution >= 4 is 0 Å². The highest BCUT2D eigenvalue weighted by atomic mass is 16.6. The molecule has 104 valence electrons. The average Bonchev–Trinajstić information content (AvgIpc) is 2.40. The Morgan fingerprint density at radius 1 is 1.05 bits per heavy atom. The normalized spacial score (nSPS) is 21.2. The summed E-state index contributed by atoms with van der Waals surface area (Å²) in [6.45, 7) is 5.54. The lowest BCUT2D eigenvalue weighted by Crippen LogP contribution is -2.40. The van der Waals surface area contributed by atoms with Crippen molar-refractivity contribution < 1.29 is 9.47 Å². The molecule has 19 heavy (non-hydrogen) atoms. The summed E-state index contributed by atoms with van der Waals surface area (Å²) < 4.78 is 11.7. The second kappa shape index (κ2) is 4.71. The Morgan fingerprint density at radius 3 is 2.47 bits per heavy atom. The Labute approximate surface area is 115 Å². The second-order valence-electron chi connectivity index (χ2n) is 5.93. The Morgan fingerprint density at radius 2 is 1.74 bits per heavy atom. The molecule has 2 aliphatic rings. The molecule has 0 unspecified atom stereocenters. The lowest BCUT2D eigenvalue weighted by molar-refractivity contribution is 0.163. The van der Waals surface area contributed by atoms with Gasteiger partial charge in [0.2, 0.25) is 0 Å². The number of benzene rings is 1. The molecule has 0 bridgehead atoms. The first kappa shape index (κ1) is 12.8. The lowest BCUT2D eigenvalue weighted by atomic mass is 9.74. The van der Waals surface area contributed by atoms with Gasteiger partial charge in [-0.05, 0) is 43.9 Å². The van der Waals surface area contributed by atoms with Crippen molar-refractivity contribution in [1.29, 1.82) is 0 Å². The van der Waals surface area contributed by atoms with Crippen LogP contribution >= 0.6 is 0 Å². The smallest absolute Gasteiger partial charge is 0.166 e. The van der Waals surface area contributed by atoms with Crippen LogP contribution in [0.5, 0.6) is 11.5 Å². The van der Waals surface area contributed by atoms with Crippen LogP contribution in [-0.4, -0.2) is 13.2 Å². The third-order valence-electron chi connectivity index (χ3n) is 4.60. The van der Waals surface area contributed by atoms with Crippen LogP contribution in [0.15, 0.2) is 6.07 Å². The van der Waals surface area contributed by atoms with Gasteiger partial charge in [-0.2, -0.15) is 0 Å². The second-order valence-corrected chi connectivity index (χ2v) is 5.93. The molecule has 3 nitrogen and oxygen atoms in total. The van der Waals surface area contributed by atoms with Crippen molar-refractivity contribution in [3.63, 3.8) is 0 Å². The minimum absolute atomic E-state index is 0.237. The van der Waals surface area contributed by atoms with E-state index in [9.17, 15) is 0 Å². The Kier molecular flexibility index (Phi) is 3.17. The molecule has 0 atom stereocenters. The summed E-state index contributed by atoms with van der Waals surface area (Å²) in [5.41, 5.74) is 10.2. The van der Waals surface area contributed by atoms with Crippen molar-refractivity contribution in [1.82, 2.24) is 0 Å². The van der Waals surface area contributed by atoms with Gasteiger partial charge in [-0.3, -0.25) is 0 Å². The molecule has 0 radical (unpaired) electrons. The van der Waals surface area contributed by atoms with E-state index >= 15 is 0 Å². The van der Waals surface area contributed by atoms with Crippen LogP contribution in [-0.2, 0) is 5.54 Å². The SMILES string of the molecule is Cc1cc2c(c(C3(N)CCCCC3)c1C)OCCO2. The molecule has 0 amide bonds. The fraction of sp³-hybridized carbons (Fsp3) is 0.625. The quantitative estimate of drug-likeness (QED) is 0.844. The summed E-state index contributed by atoms with van der Waals surface area (Å²) in [4.78, 5) is 0. The number of rotatable bonds is 1. The summed E-state index contributed by atoms with van der Waals surface area (Å²) in [6.07, 6.45) is 5.81. The van der Waals surface area contributed by atoms with Crippen LogP contribution in [0.4, 0.5) is 0 Å². The van der Waals surface area contributed by atoms with Gasteiger partial charge in [0.1, 0.15) is 13.2 Å². The first-order valence-electron chi connectivity index (χ1n) is 7.31. The van der Waals surface area contributed by atoms with Crippen molar-refractivity contribution in [3.8, 4) is 11.5 Å². The molecule has 2 N–H and O–H groups in total. The van der Waals surface area contributed by atoms with Gasteiger partial charge in [0.15, 0.2) is 11.5 Å². The molecule has 1 aromatic carbocycles. The van der Waals surface area contributed by atoms with Crippen LogP contribution in [0.2, 0.25) is 0 Å². The first-order chi connectivity index (χ1) is 9.12. The van der Waals surface area contributed by atoms with Gasteiger partial charge in [0, 0.05) is 11.1 Å². The number of hydrogen-bond donors (Lipinski definition) is 1. The van der Waals surface area contributed by atoms with Crippen LogP contribution in [0, 0.1) is 13.8 Å². The molecule has 1 aliphatic carbocycles. The highest BCUT2D eigenvalue weighted by Crippen LogP contribution is 2.46. The van der Waals surface area contributed by atoms with E-state index in [4.69, 9.17) is 15.2 Å². The zero-order valence-corrected chi connectivity index (χ0v) is 11.9. The average molecular weight is 261 g/mol. The minimum atomic E-state index is -0.237. The van der Waals surface area contributed by atoms with E-state index in [1.54, 1.807) is 0 Å². The van der Waals surface area contributed by atoms with E-state index in [2.05, 4.69) is 19.9 Å². The van der Waals surface area contributed by atoms with Gasteiger partial charge in [-0.1, -0.05) is 19.3 Å². The van der Waals surface area contributed by atoms with Crippen molar-refractivity contribution in [2.24, 2.45) is 5.73 Å². The Balaban J connectivity index is 2.15. The van der Waals surface area contributed by atoms with Gasteiger partial charge in [-0.25, -0.2) is 0 Å². The zero-order valence-electron chi connectivity index (χ0n) is 11.9. The minimum Gasteiger partial charge on any atom is -0.486 e. The van der Waals surface area contributed by atoms with E-state index in [1.165, 1.54) is 36.0 Å². The first-order valence-corrected chi connectivity index (χ1v) is 7.31. The van der Waals surface area contributed by atoms with Gasteiger partial charge in [0.05, 0.1) is 0 Å². The van der Waals surface area contributed by atoms with Crippen molar-refractivity contribution in [3.05, 3.63) is 22.8 Å². The molecule has 1 fully saturated rings.